The molecule has 96 valence electrons. The van der Waals surface area contributed by atoms with E-state index in [1.54, 1.807) is 6.26 Å². The van der Waals surface area contributed by atoms with Crippen molar-refractivity contribution in [3.05, 3.63) is 23.7 Å². The Bertz CT molecular complexity index is 340. The molecule has 0 atom stereocenters. The highest BCUT2D eigenvalue weighted by Crippen LogP contribution is 2.27. The highest BCUT2D eigenvalue weighted by Gasteiger charge is 2.22. The van der Waals surface area contributed by atoms with Gasteiger partial charge in [-0.05, 0) is 44.7 Å². The zero-order valence-corrected chi connectivity index (χ0v) is 11.0. The van der Waals surface area contributed by atoms with Gasteiger partial charge in [-0.3, -0.25) is 4.90 Å². The first kappa shape index (κ1) is 12.7. The Balaban J connectivity index is 1.85. The molecule has 0 aromatic carbocycles. The molecule has 0 aliphatic heterocycles. The molecule has 1 aliphatic rings. The van der Waals surface area contributed by atoms with Crippen LogP contribution in [0.5, 0.6) is 0 Å². The molecule has 0 amide bonds. The smallest absolute Gasteiger partial charge is 0.118 e. The summed E-state index contributed by atoms with van der Waals surface area (Å²) in [7, 11) is 2.20. The number of furan rings is 1. The van der Waals surface area contributed by atoms with Crippen molar-refractivity contribution in [1.82, 2.24) is 4.90 Å². The third-order valence-electron chi connectivity index (χ3n) is 3.96. The standard InChI is InChI=1S/C14H24N2O/c1-11-3-5-13(6-4-11)16(2)9-14-7-12(8-15)10-17-14/h7,10-11,13H,3-6,8-9,15H2,1-2H3. The van der Waals surface area contributed by atoms with Crippen molar-refractivity contribution < 1.29 is 4.42 Å². The van der Waals surface area contributed by atoms with E-state index < -0.39 is 0 Å². The number of hydrogen-bond donors (Lipinski definition) is 1. The van der Waals surface area contributed by atoms with E-state index in [2.05, 4.69) is 24.9 Å². The van der Waals surface area contributed by atoms with Crippen LogP contribution in [0.2, 0.25) is 0 Å². The molecule has 1 aliphatic carbocycles. The lowest BCUT2D eigenvalue weighted by molar-refractivity contribution is 0.154. The number of rotatable bonds is 4. The van der Waals surface area contributed by atoms with Gasteiger partial charge in [0.25, 0.3) is 0 Å². The van der Waals surface area contributed by atoms with Crippen LogP contribution in [0.4, 0.5) is 0 Å². The second kappa shape index (κ2) is 5.69. The van der Waals surface area contributed by atoms with Gasteiger partial charge in [0.1, 0.15) is 5.76 Å². The summed E-state index contributed by atoms with van der Waals surface area (Å²) in [5.41, 5.74) is 6.67. The molecule has 1 heterocycles. The molecule has 1 aromatic rings. The van der Waals surface area contributed by atoms with Gasteiger partial charge in [0.2, 0.25) is 0 Å². The molecule has 1 aromatic heterocycles. The molecule has 0 saturated heterocycles. The molecule has 0 bridgehead atoms. The van der Waals surface area contributed by atoms with Crippen molar-refractivity contribution in [1.29, 1.82) is 0 Å². The number of hydrogen-bond acceptors (Lipinski definition) is 3. The fourth-order valence-corrected chi connectivity index (χ4v) is 2.67. The Labute approximate surface area is 104 Å². The Hall–Kier alpha value is -0.800. The minimum atomic E-state index is 0.564. The summed E-state index contributed by atoms with van der Waals surface area (Å²) in [6.07, 6.45) is 7.14. The fraction of sp³-hybridized carbons (Fsp3) is 0.714. The SMILES string of the molecule is CC1CCC(N(C)Cc2cc(CN)co2)CC1. The molecule has 1 saturated carbocycles. The van der Waals surface area contributed by atoms with Gasteiger partial charge in [0, 0.05) is 18.2 Å². The Morgan fingerprint density at radius 2 is 2.06 bits per heavy atom. The third-order valence-corrected chi connectivity index (χ3v) is 3.96. The van der Waals surface area contributed by atoms with E-state index in [0.717, 1.165) is 29.8 Å². The van der Waals surface area contributed by atoms with Gasteiger partial charge in [0.15, 0.2) is 0 Å². The van der Waals surface area contributed by atoms with Crippen LogP contribution in [0.3, 0.4) is 0 Å². The van der Waals surface area contributed by atoms with Gasteiger partial charge in [-0.15, -0.1) is 0 Å². The molecular formula is C14H24N2O. The summed E-state index contributed by atoms with van der Waals surface area (Å²) in [4.78, 5) is 2.42. The summed E-state index contributed by atoms with van der Waals surface area (Å²) in [6, 6.07) is 2.79. The fourth-order valence-electron chi connectivity index (χ4n) is 2.67. The molecule has 3 heteroatoms. The van der Waals surface area contributed by atoms with E-state index in [0.29, 0.717) is 6.54 Å². The third kappa shape index (κ3) is 3.33. The first-order valence-corrected chi connectivity index (χ1v) is 6.65. The first-order chi connectivity index (χ1) is 8.19. The second-order valence-electron chi connectivity index (χ2n) is 5.45. The molecule has 17 heavy (non-hydrogen) atoms. The summed E-state index contributed by atoms with van der Waals surface area (Å²) in [6.45, 7) is 3.82. The maximum absolute atomic E-state index is 5.58. The van der Waals surface area contributed by atoms with Crippen LogP contribution in [0.15, 0.2) is 16.7 Å². The van der Waals surface area contributed by atoms with Crippen LogP contribution in [0.1, 0.15) is 43.9 Å². The summed E-state index contributed by atoms with van der Waals surface area (Å²) >= 11 is 0. The lowest BCUT2D eigenvalue weighted by atomic mass is 9.87. The van der Waals surface area contributed by atoms with Crippen molar-refractivity contribution >= 4 is 0 Å². The van der Waals surface area contributed by atoms with Crippen molar-refractivity contribution in [3.63, 3.8) is 0 Å². The van der Waals surface area contributed by atoms with E-state index in [1.807, 2.05) is 0 Å². The lowest BCUT2D eigenvalue weighted by Gasteiger charge is -2.33. The molecule has 2 rings (SSSR count). The molecule has 0 spiro atoms. The van der Waals surface area contributed by atoms with Crippen LogP contribution in [0, 0.1) is 5.92 Å². The van der Waals surface area contributed by atoms with E-state index in [-0.39, 0.29) is 0 Å². The quantitative estimate of drug-likeness (QED) is 0.874. The van der Waals surface area contributed by atoms with Gasteiger partial charge in [-0.2, -0.15) is 0 Å². The second-order valence-corrected chi connectivity index (χ2v) is 5.45. The normalized spacial score (nSPS) is 25.4. The highest BCUT2D eigenvalue weighted by atomic mass is 16.3. The maximum atomic E-state index is 5.58. The zero-order chi connectivity index (χ0) is 12.3. The zero-order valence-electron chi connectivity index (χ0n) is 11.0. The van der Waals surface area contributed by atoms with Gasteiger partial charge < -0.3 is 10.2 Å². The van der Waals surface area contributed by atoms with Gasteiger partial charge in [-0.1, -0.05) is 6.92 Å². The predicted octanol–water partition coefficient (Wildman–Crippen LogP) is 2.75. The minimum Gasteiger partial charge on any atom is -0.468 e. The molecule has 0 unspecified atom stereocenters. The van der Waals surface area contributed by atoms with E-state index in [9.17, 15) is 0 Å². The topological polar surface area (TPSA) is 42.4 Å². The molecule has 3 nitrogen and oxygen atoms in total. The molecule has 2 N–H and O–H groups in total. The maximum Gasteiger partial charge on any atom is 0.118 e. The summed E-state index contributed by atoms with van der Waals surface area (Å²) < 4.78 is 5.52. The van der Waals surface area contributed by atoms with Crippen LogP contribution < -0.4 is 5.73 Å². The van der Waals surface area contributed by atoms with Crippen molar-refractivity contribution in [2.45, 2.75) is 51.7 Å². The number of nitrogens with two attached hydrogens (primary N) is 1. The van der Waals surface area contributed by atoms with Crippen LogP contribution in [-0.4, -0.2) is 18.0 Å². The van der Waals surface area contributed by atoms with Crippen molar-refractivity contribution in [3.8, 4) is 0 Å². The Kier molecular flexibility index (Phi) is 4.24. The highest BCUT2D eigenvalue weighted by molar-refractivity contribution is 5.12. The molecular weight excluding hydrogens is 212 g/mol. The minimum absolute atomic E-state index is 0.564. The Morgan fingerprint density at radius 1 is 1.35 bits per heavy atom. The first-order valence-electron chi connectivity index (χ1n) is 6.65. The van der Waals surface area contributed by atoms with Crippen LogP contribution in [0.25, 0.3) is 0 Å². The average Bonchev–Trinajstić information content (AvgIpc) is 2.77. The molecule has 0 radical (unpaired) electrons. The predicted molar refractivity (Wildman–Crippen MR) is 69.5 cm³/mol. The lowest BCUT2D eigenvalue weighted by Crippen LogP contribution is -2.34. The van der Waals surface area contributed by atoms with Gasteiger partial charge in [0.05, 0.1) is 12.8 Å². The monoisotopic (exact) mass is 236 g/mol. The van der Waals surface area contributed by atoms with E-state index in [1.165, 1.54) is 25.7 Å². The largest absolute Gasteiger partial charge is 0.468 e. The number of nitrogens with zero attached hydrogens (tertiary/aromatic N) is 1. The summed E-state index contributed by atoms with van der Waals surface area (Å²) in [5, 5.41) is 0. The van der Waals surface area contributed by atoms with Crippen molar-refractivity contribution in [2.75, 3.05) is 7.05 Å². The van der Waals surface area contributed by atoms with E-state index in [4.69, 9.17) is 10.2 Å². The average molecular weight is 236 g/mol. The van der Waals surface area contributed by atoms with Gasteiger partial charge >= 0.3 is 0 Å². The molecule has 1 fully saturated rings. The Morgan fingerprint density at radius 3 is 2.65 bits per heavy atom. The van der Waals surface area contributed by atoms with Gasteiger partial charge in [-0.25, -0.2) is 0 Å². The van der Waals surface area contributed by atoms with Crippen LogP contribution >= 0.6 is 0 Å². The van der Waals surface area contributed by atoms with Crippen molar-refractivity contribution in [2.24, 2.45) is 11.7 Å². The van der Waals surface area contributed by atoms with E-state index >= 15 is 0 Å². The van der Waals surface area contributed by atoms with Crippen LogP contribution in [-0.2, 0) is 13.1 Å². The summed E-state index contributed by atoms with van der Waals surface area (Å²) in [5.74, 6) is 1.94.